The molecule has 0 bridgehead atoms. The molecule has 0 unspecified atom stereocenters. The minimum Gasteiger partial charge on any atom is -0.469 e. The van der Waals surface area contributed by atoms with Crippen molar-refractivity contribution in [2.75, 3.05) is 7.11 Å². The van der Waals surface area contributed by atoms with Gasteiger partial charge >= 0.3 is 11.9 Å². The van der Waals surface area contributed by atoms with Gasteiger partial charge in [0.15, 0.2) is 0 Å². The Morgan fingerprint density at radius 3 is 2.27 bits per heavy atom. The van der Waals surface area contributed by atoms with Gasteiger partial charge in [-0.25, -0.2) is 0 Å². The molecule has 0 saturated heterocycles. The summed E-state index contributed by atoms with van der Waals surface area (Å²) in [7, 11) is 1.29. The Balaban J connectivity index is 3.95. The first kappa shape index (κ1) is 13.9. The largest absolute Gasteiger partial charge is 0.469 e. The molecule has 0 aliphatic carbocycles. The summed E-state index contributed by atoms with van der Waals surface area (Å²) in [6.45, 7) is 5.29. The van der Waals surface area contributed by atoms with Crippen molar-refractivity contribution in [3.63, 3.8) is 0 Å². The maximum absolute atomic E-state index is 11.4. The molecular weight excluding hydrogens is 198 g/mol. The lowest BCUT2D eigenvalue weighted by atomic mass is 10.1. The SMILES string of the molecule is COC(=O)CC[C@@H](N)C(=O)OC(C)(C)C. The van der Waals surface area contributed by atoms with Crippen LogP contribution < -0.4 is 5.73 Å². The molecule has 0 aliphatic rings. The first-order valence-electron chi connectivity index (χ1n) is 4.81. The molecule has 0 heterocycles. The Kier molecular flexibility index (Phi) is 5.28. The van der Waals surface area contributed by atoms with E-state index in [2.05, 4.69) is 4.74 Å². The van der Waals surface area contributed by atoms with Crippen LogP contribution in [0.15, 0.2) is 0 Å². The zero-order chi connectivity index (χ0) is 12.1. The van der Waals surface area contributed by atoms with Gasteiger partial charge in [0.05, 0.1) is 7.11 Å². The van der Waals surface area contributed by atoms with E-state index in [0.717, 1.165) is 0 Å². The lowest BCUT2D eigenvalue weighted by molar-refractivity contribution is -0.156. The molecule has 0 aromatic heterocycles. The van der Waals surface area contributed by atoms with Gasteiger partial charge in [-0.15, -0.1) is 0 Å². The van der Waals surface area contributed by atoms with E-state index in [1.165, 1.54) is 7.11 Å². The van der Waals surface area contributed by atoms with E-state index in [1.54, 1.807) is 20.8 Å². The number of esters is 2. The molecule has 0 spiro atoms. The molecule has 1 atom stereocenters. The number of carbonyl (C=O) groups excluding carboxylic acids is 2. The van der Waals surface area contributed by atoms with Crippen LogP contribution in [-0.2, 0) is 19.1 Å². The minimum absolute atomic E-state index is 0.122. The molecule has 0 aromatic carbocycles. The second-order valence-electron chi connectivity index (χ2n) is 4.25. The van der Waals surface area contributed by atoms with Crippen LogP contribution in [0.25, 0.3) is 0 Å². The summed E-state index contributed by atoms with van der Waals surface area (Å²) in [5, 5.41) is 0. The predicted octanol–water partition coefficient (Wildman–Crippen LogP) is 0.609. The molecule has 0 radical (unpaired) electrons. The van der Waals surface area contributed by atoms with E-state index in [0.29, 0.717) is 0 Å². The number of rotatable bonds is 4. The molecule has 0 aromatic rings. The Hall–Kier alpha value is -1.10. The van der Waals surface area contributed by atoms with Crippen molar-refractivity contribution in [3.05, 3.63) is 0 Å². The quantitative estimate of drug-likeness (QED) is 0.698. The maximum Gasteiger partial charge on any atom is 0.323 e. The van der Waals surface area contributed by atoms with Crippen molar-refractivity contribution in [1.82, 2.24) is 0 Å². The predicted molar refractivity (Wildman–Crippen MR) is 55.1 cm³/mol. The molecular formula is C10H19NO4. The molecule has 5 nitrogen and oxygen atoms in total. The van der Waals surface area contributed by atoms with Crippen molar-refractivity contribution < 1.29 is 19.1 Å². The lowest BCUT2D eigenvalue weighted by Gasteiger charge is -2.21. The van der Waals surface area contributed by atoms with Gasteiger partial charge in [-0.3, -0.25) is 9.59 Å². The Labute approximate surface area is 89.9 Å². The molecule has 2 N–H and O–H groups in total. The Bertz CT molecular complexity index is 232. The van der Waals surface area contributed by atoms with Gasteiger partial charge in [0.25, 0.3) is 0 Å². The zero-order valence-electron chi connectivity index (χ0n) is 9.70. The summed E-state index contributed by atoms with van der Waals surface area (Å²) >= 11 is 0. The fourth-order valence-corrected chi connectivity index (χ4v) is 0.871. The third-order valence-corrected chi connectivity index (χ3v) is 1.60. The topological polar surface area (TPSA) is 78.6 Å². The maximum atomic E-state index is 11.4. The smallest absolute Gasteiger partial charge is 0.323 e. The molecule has 0 fully saturated rings. The first-order chi connectivity index (χ1) is 6.76. The van der Waals surface area contributed by atoms with Gasteiger partial charge in [0.2, 0.25) is 0 Å². The monoisotopic (exact) mass is 217 g/mol. The van der Waals surface area contributed by atoms with Crippen molar-refractivity contribution in [3.8, 4) is 0 Å². The van der Waals surface area contributed by atoms with E-state index in [-0.39, 0.29) is 18.8 Å². The highest BCUT2D eigenvalue weighted by Crippen LogP contribution is 2.09. The summed E-state index contributed by atoms with van der Waals surface area (Å²) in [6.07, 6.45) is 0.360. The van der Waals surface area contributed by atoms with Crippen LogP contribution in [0.4, 0.5) is 0 Å². The highest BCUT2D eigenvalue weighted by molar-refractivity contribution is 5.77. The summed E-state index contributed by atoms with van der Waals surface area (Å²) in [6, 6.07) is -0.775. The third-order valence-electron chi connectivity index (χ3n) is 1.60. The zero-order valence-corrected chi connectivity index (χ0v) is 9.70. The van der Waals surface area contributed by atoms with Gasteiger partial charge in [-0.05, 0) is 27.2 Å². The van der Waals surface area contributed by atoms with Gasteiger partial charge in [0.1, 0.15) is 11.6 Å². The number of hydrogen-bond donors (Lipinski definition) is 1. The summed E-state index contributed by atoms with van der Waals surface area (Å²) in [5.41, 5.74) is 4.99. The van der Waals surface area contributed by atoms with Crippen molar-refractivity contribution in [1.29, 1.82) is 0 Å². The van der Waals surface area contributed by atoms with Crippen LogP contribution in [0.1, 0.15) is 33.6 Å². The average Bonchev–Trinajstić information content (AvgIpc) is 2.10. The van der Waals surface area contributed by atoms with E-state index < -0.39 is 17.6 Å². The fourth-order valence-electron chi connectivity index (χ4n) is 0.871. The van der Waals surface area contributed by atoms with Gasteiger partial charge in [-0.1, -0.05) is 0 Å². The summed E-state index contributed by atoms with van der Waals surface area (Å²) in [4.78, 5) is 22.2. The molecule has 0 amide bonds. The van der Waals surface area contributed by atoms with Crippen LogP contribution in [0.5, 0.6) is 0 Å². The number of ether oxygens (including phenoxy) is 2. The van der Waals surface area contributed by atoms with Gasteiger partial charge < -0.3 is 15.2 Å². The van der Waals surface area contributed by atoms with E-state index in [9.17, 15) is 9.59 Å². The summed E-state index contributed by atoms with van der Waals surface area (Å²) in [5.74, 6) is -0.875. The second-order valence-corrected chi connectivity index (χ2v) is 4.25. The summed E-state index contributed by atoms with van der Waals surface area (Å²) < 4.78 is 9.48. The van der Waals surface area contributed by atoms with Gasteiger partial charge in [-0.2, -0.15) is 0 Å². The number of methoxy groups -OCH3 is 1. The van der Waals surface area contributed by atoms with E-state index in [4.69, 9.17) is 10.5 Å². The normalized spacial score (nSPS) is 13.1. The van der Waals surface area contributed by atoms with Crippen LogP contribution in [0.3, 0.4) is 0 Å². The number of nitrogens with two attached hydrogens (primary N) is 1. The molecule has 0 saturated carbocycles. The average molecular weight is 217 g/mol. The van der Waals surface area contributed by atoms with Crippen LogP contribution >= 0.6 is 0 Å². The van der Waals surface area contributed by atoms with Crippen molar-refractivity contribution in [2.24, 2.45) is 5.73 Å². The fraction of sp³-hybridized carbons (Fsp3) is 0.800. The molecule has 0 aliphatic heterocycles. The second kappa shape index (κ2) is 5.70. The first-order valence-corrected chi connectivity index (χ1v) is 4.81. The molecule has 15 heavy (non-hydrogen) atoms. The third kappa shape index (κ3) is 6.90. The standard InChI is InChI=1S/C10H19NO4/c1-10(2,3)15-9(13)7(11)5-6-8(12)14-4/h7H,5-6,11H2,1-4H3/t7-/m1/s1. The van der Waals surface area contributed by atoms with Crippen LogP contribution in [-0.4, -0.2) is 30.7 Å². The molecule has 0 rings (SSSR count). The van der Waals surface area contributed by atoms with E-state index >= 15 is 0 Å². The highest BCUT2D eigenvalue weighted by Gasteiger charge is 2.22. The molecule has 5 heteroatoms. The highest BCUT2D eigenvalue weighted by atomic mass is 16.6. The lowest BCUT2D eigenvalue weighted by Crippen LogP contribution is -2.37. The van der Waals surface area contributed by atoms with Crippen molar-refractivity contribution >= 4 is 11.9 Å². The van der Waals surface area contributed by atoms with Crippen LogP contribution in [0.2, 0.25) is 0 Å². The van der Waals surface area contributed by atoms with Crippen LogP contribution in [0, 0.1) is 0 Å². The van der Waals surface area contributed by atoms with E-state index in [1.807, 2.05) is 0 Å². The Morgan fingerprint density at radius 2 is 1.87 bits per heavy atom. The minimum atomic E-state index is -0.775. The number of carbonyl (C=O) groups is 2. The van der Waals surface area contributed by atoms with Gasteiger partial charge in [0, 0.05) is 6.42 Å². The molecule has 88 valence electrons. The Morgan fingerprint density at radius 1 is 1.33 bits per heavy atom. The number of hydrogen-bond acceptors (Lipinski definition) is 5. The van der Waals surface area contributed by atoms with Crippen molar-refractivity contribution in [2.45, 2.75) is 45.3 Å².